The van der Waals surface area contributed by atoms with E-state index in [2.05, 4.69) is 22.5 Å². The topological polar surface area (TPSA) is 48.9 Å². The number of halogens is 1. The number of benzene rings is 1. The normalized spacial score (nSPS) is 17.5. The minimum Gasteiger partial charge on any atom is -0.385 e. The molecule has 1 aliphatic carbocycles. The first-order chi connectivity index (χ1) is 13.0. The zero-order valence-electron chi connectivity index (χ0n) is 17.2. The molecule has 0 bridgehead atoms. The molecule has 5 nitrogen and oxygen atoms in total. The Morgan fingerprint density at radius 1 is 1.26 bits per heavy atom. The first kappa shape index (κ1) is 21.6. The largest absolute Gasteiger partial charge is 0.385 e. The number of hydrogen-bond donors (Lipinski definition) is 2. The van der Waals surface area contributed by atoms with E-state index >= 15 is 0 Å². The molecule has 0 saturated heterocycles. The Morgan fingerprint density at radius 3 is 2.48 bits per heavy atom. The molecule has 152 valence electrons. The van der Waals surface area contributed by atoms with E-state index < -0.39 is 0 Å². The Balaban J connectivity index is 1.99. The summed E-state index contributed by atoms with van der Waals surface area (Å²) in [5.41, 5.74) is 1.39. The maximum Gasteiger partial charge on any atom is 0.191 e. The molecule has 2 N–H and O–H groups in total. The van der Waals surface area contributed by atoms with Crippen LogP contribution in [0.3, 0.4) is 0 Å². The van der Waals surface area contributed by atoms with Crippen LogP contribution in [0.15, 0.2) is 29.3 Å². The molecular weight excluding hydrogens is 343 g/mol. The molecule has 0 heterocycles. The van der Waals surface area contributed by atoms with Crippen molar-refractivity contribution in [3.63, 3.8) is 0 Å². The molecule has 1 saturated carbocycles. The molecular formula is C21H35FN4O. The summed E-state index contributed by atoms with van der Waals surface area (Å²) in [6.07, 6.45) is 4.82. The van der Waals surface area contributed by atoms with Crippen molar-refractivity contribution in [2.45, 2.75) is 38.6 Å². The molecule has 1 aromatic carbocycles. The van der Waals surface area contributed by atoms with Gasteiger partial charge < -0.3 is 20.3 Å². The standard InChI is InChI=1S/C21H35FN4O/c1-5-23-20(25-16-21(11-6-12-21)13-14-27-4)24-15-19(26(2)3)17-7-9-18(22)10-8-17/h7-10,19H,5-6,11-16H2,1-4H3,(H2,23,24,25). The SMILES string of the molecule is CCNC(=NCC1(CCOC)CCC1)NCC(c1ccc(F)cc1)N(C)C. The number of hydrogen-bond acceptors (Lipinski definition) is 3. The van der Waals surface area contributed by atoms with Gasteiger partial charge in [-0.15, -0.1) is 0 Å². The lowest BCUT2D eigenvalue weighted by Gasteiger charge is -2.40. The van der Waals surface area contributed by atoms with E-state index in [1.165, 1.54) is 31.4 Å². The Bertz CT molecular complexity index is 584. The van der Waals surface area contributed by atoms with Crippen LogP contribution in [0, 0.1) is 11.2 Å². The molecule has 6 heteroatoms. The second-order valence-corrected chi connectivity index (χ2v) is 7.70. The molecule has 0 aromatic heterocycles. The summed E-state index contributed by atoms with van der Waals surface area (Å²) >= 11 is 0. The lowest BCUT2D eigenvalue weighted by atomic mass is 9.67. The summed E-state index contributed by atoms with van der Waals surface area (Å²) in [5, 5.41) is 6.81. The zero-order chi connectivity index (χ0) is 19.7. The zero-order valence-corrected chi connectivity index (χ0v) is 17.2. The van der Waals surface area contributed by atoms with E-state index in [9.17, 15) is 4.39 Å². The fourth-order valence-corrected chi connectivity index (χ4v) is 3.55. The molecule has 0 radical (unpaired) electrons. The lowest BCUT2D eigenvalue weighted by molar-refractivity contribution is 0.0778. The summed E-state index contributed by atoms with van der Waals surface area (Å²) in [7, 11) is 5.83. The van der Waals surface area contributed by atoms with Crippen molar-refractivity contribution in [2.75, 3.05) is 47.4 Å². The molecule has 1 aromatic rings. The van der Waals surface area contributed by atoms with Crippen LogP contribution in [0.2, 0.25) is 0 Å². The number of nitrogens with one attached hydrogen (secondary N) is 2. The van der Waals surface area contributed by atoms with Gasteiger partial charge in [-0.2, -0.15) is 0 Å². The summed E-state index contributed by atoms with van der Waals surface area (Å²) in [6.45, 7) is 5.22. The van der Waals surface area contributed by atoms with E-state index in [0.29, 0.717) is 12.0 Å². The predicted molar refractivity (Wildman–Crippen MR) is 110 cm³/mol. The molecule has 27 heavy (non-hydrogen) atoms. The van der Waals surface area contributed by atoms with Gasteiger partial charge in [-0.1, -0.05) is 18.6 Å². The third kappa shape index (κ3) is 6.47. The smallest absolute Gasteiger partial charge is 0.191 e. The predicted octanol–water partition coefficient (Wildman–Crippen LogP) is 3.19. The third-order valence-electron chi connectivity index (χ3n) is 5.51. The number of ether oxygens (including phenoxy) is 1. The van der Waals surface area contributed by atoms with Crippen molar-refractivity contribution in [3.8, 4) is 0 Å². The second kappa shape index (κ2) is 10.6. The van der Waals surface area contributed by atoms with Crippen LogP contribution in [0.4, 0.5) is 4.39 Å². The molecule has 2 rings (SSSR count). The monoisotopic (exact) mass is 378 g/mol. The van der Waals surface area contributed by atoms with Gasteiger partial charge in [0.25, 0.3) is 0 Å². The highest BCUT2D eigenvalue weighted by molar-refractivity contribution is 5.79. The Hall–Kier alpha value is -1.66. The van der Waals surface area contributed by atoms with E-state index in [-0.39, 0.29) is 11.9 Å². The summed E-state index contributed by atoms with van der Waals surface area (Å²) in [5.74, 6) is 0.635. The number of guanidine groups is 1. The average molecular weight is 379 g/mol. The summed E-state index contributed by atoms with van der Waals surface area (Å²) < 4.78 is 18.5. The number of methoxy groups -OCH3 is 1. The second-order valence-electron chi connectivity index (χ2n) is 7.70. The molecule has 1 unspecified atom stereocenters. The fraction of sp³-hybridized carbons (Fsp3) is 0.667. The fourth-order valence-electron chi connectivity index (χ4n) is 3.55. The van der Waals surface area contributed by atoms with E-state index in [1.807, 2.05) is 26.2 Å². The molecule has 0 amide bonds. The van der Waals surface area contributed by atoms with Crippen molar-refractivity contribution in [1.29, 1.82) is 0 Å². The molecule has 0 aliphatic heterocycles. The minimum absolute atomic E-state index is 0.139. The Labute approximate surface area is 163 Å². The number of nitrogens with zero attached hydrogens (tertiary/aromatic N) is 2. The molecule has 0 spiro atoms. The number of aliphatic imine (C=N–C) groups is 1. The Morgan fingerprint density at radius 2 is 1.96 bits per heavy atom. The molecule has 1 fully saturated rings. The third-order valence-corrected chi connectivity index (χ3v) is 5.51. The highest BCUT2D eigenvalue weighted by Crippen LogP contribution is 2.44. The van der Waals surface area contributed by atoms with Crippen LogP contribution in [0.5, 0.6) is 0 Å². The van der Waals surface area contributed by atoms with Crippen molar-refractivity contribution < 1.29 is 9.13 Å². The van der Waals surface area contributed by atoms with Gasteiger partial charge in [-0.3, -0.25) is 4.99 Å². The summed E-state index contributed by atoms with van der Waals surface area (Å²) in [6, 6.07) is 6.86. The van der Waals surface area contributed by atoms with E-state index in [1.54, 1.807) is 7.11 Å². The van der Waals surface area contributed by atoms with Crippen molar-refractivity contribution in [1.82, 2.24) is 15.5 Å². The van der Waals surface area contributed by atoms with E-state index in [4.69, 9.17) is 9.73 Å². The lowest BCUT2D eigenvalue weighted by Crippen LogP contribution is -2.43. The maximum absolute atomic E-state index is 13.2. The summed E-state index contributed by atoms with van der Waals surface area (Å²) in [4.78, 5) is 6.99. The Kier molecular flexibility index (Phi) is 8.51. The van der Waals surface area contributed by atoms with Crippen LogP contribution in [0.1, 0.15) is 44.2 Å². The molecule has 1 aliphatic rings. The van der Waals surface area contributed by atoms with Crippen LogP contribution in [-0.4, -0.2) is 58.3 Å². The van der Waals surface area contributed by atoms with Gasteiger partial charge in [0.2, 0.25) is 0 Å². The van der Waals surface area contributed by atoms with Crippen molar-refractivity contribution >= 4 is 5.96 Å². The average Bonchev–Trinajstić information content (AvgIpc) is 2.61. The quantitative estimate of drug-likeness (QED) is 0.485. The van der Waals surface area contributed by atoms with Gasteiger partial charge in [0.1, 0.15) is 5.82 Å². The van der Waals surface area contributed by atoms with Gasteiger partial charge in [-0.25, -0.2) is 4.39 Å². The first-order valence-corrected chi connectivity index (χ1v) is 9.93. The number of rotatable bonds is 10. The highest BCUT2D eigenvalue weighted by Gasteiger charge is 2.36. The van der Waals surface area contributed by atoms with E-state index in [0.717, 1.165) is 37.6 Å². The van der Waals surface area contributed by atoms with Gasteiger partial charge in [0.05, 0.1) is 6.04 Å². The highest BCUT2D eigenvalue weighted by atomic mass is 19.1. The van der Waals surface area contributed by atoms with Crippen LogP contribution >= 0.6 is 0 Å². The van der Waals surface area contributed by atoms with Crippen LogP contribution < -0.4 is 10.6 Å². The first-order valence-electron chi connectivity index (χ1n) is 9.93. The van der Waals surface area contributed by atoms with Gasteiger partial charge >= 0.3 is 0 Å². The van der Waals surface area contributed by atoms with Crippen LogP contribution in [0.25, 0.3) is 0 Å². The maximum atomic E-state index is 13.2. The van der Waals surface area contributed by atoms with Crippen molar-refractivity contribution in [3.05, 3.63) is 35.6 Å². The van der Waals surface area contributed by atoms with Gasteiger partial charge in [-0.05, 0) is 63.4 Å². The van der Waals surface area contributed by atoms with Gasteiger partial charge in [0.15, 0.2) is 5.96 Å². The molecule has 1 atom stereocenters. The van der Waals surface area contributed by atoms with Gasteiger partial charge in [0, 0.05) is 33.4 Å². The minimum atomic E-state index is -0.207. The van der Waals surface area contributed by atoms with Crippen molar-refractivity contribution in [2.24, 2.45) is 10.4 Å². The van der Waals surface area contributed by atoms with Crippen LogP contribution in [-0.2, 0) is 4.74 Å². The number of likely N-dealkylation sites (N-methyl/N-ethyl adjacent to an activating group) is 1.